The lowest BCUT2D eigenvalue weighted by Gasteiger charge is -2.31. The van der Waals surface area contributed by atoms with E-state index in [4.69, 9.17) is 9.88 Å². The Morgan fingerprint density at radius 1 is 1.10 bits per heavy atom. The molecule has 19 heteroatoms. The second-order valence-corrected chi connectivity index (χ2v) is 16.2. The van der Waals surface area contributed by atoms with Gasteiger partial charge in [-0.2, -0.15) is 27.2 Å². The van der Waals surface area contributed by atoms with Gasteiger partial charge < -0.3 is 15.2 Å². The van der Waals surface area contributed by atoms with Gasteiger partial charge in [-0.3, -0.25) is 4.79 Å². The van der Waals surface area contributed by atoms with Crippen LogP contribution in [0.3, 0.4) is 0 Å². The van der Waals surface area contributed by atoms with Gasteiger partial charge in [-0.25, -0.2) is 26.8 Å². The van der Waals surface area contributed by atoms with E-state index in [2.05, 4.69) is 10.0 Å². The molecule has 5 N–H and O–H groups in total. The first-order valence-corrected chi connectivity index (χ1v) is 19.0. The van der Waals surface area contributed by atoms with Crippen LogP contribution in [0.1, 0.15) is 47.9 Å². The molecule has 1 saturated heterocycles. The lowest BCUT2D eigenvalue weighted by Crippen LogP contribution is -2.61. The smallest absolute Gasteiger partial charge is 0.484 e. The molecule has 2 heterocycles. The van der Waals surface area contributed by atoms with Crippen LogP contribution < -0.4 is 19.9 Å². The highest BCUT2D eigenvalue weighted by atomic mass is 32.2. The van der Waals surface area contributed by atoms with Crippen molar-refractivity contribution in [2.45, 2.75) is 54.5 Å². The fourth-order valence-corrected chi connectivity index (χ4v) is 9.08. The average molecular weight is 758 g/mol. The van der Waals surface area contributed by atoms with Crippen molar-refractivity contribution in [3.63, 3.8) is 0 Å². The summed E-state index contributed by atoms with van der Waals surface area (Å²) < 4.78 is 98.7. The highest BCUT2D eigenvalue weighted by molar-refractivity contribution is 8.14. The Balaban J connectivity index is 1.34. The third-order valence-corrected chi connectivity index (χ3v) is 12.1. The number of imide groups is 1. The van der Waals surface area contributed by atoms with E-state index in [0.29, 0.717) is 17.7 Å². The third kappa shape index (κ3) is 7.38. The summed E-state index contributed by atoms with van der Waals surface area (Å²) in [5.74, 6) is -1.19. The van der Waals surface area contributed by atoms with Crippen LogP contribution in [-0.4, -0.2) is 68.0 Å². The largest absolute Gasteiger partial charge is 0.521 e. The number of thioether (sulfide) groups is 1. The first-order valence-electron chi connectivity index (χ1n) is 15.0. The summed E-state index contributed by atoms with van der Waals surface area (Å²) in [5.41, 5.74) is -1.54. The van der Waals surface area contributed by atoms with E-state index in [0.717, 1.165) is 11.8 Å². The fraction of sp³-hybridized carbons (Fsp3) is 0.323. The van der Waals surface area contributed by atoms with E-state index in [-0.39, 0.29) is 35.1 Å². The molecule has 0 saturated carbocycles. The van der Waals surface area contributed by atoms with Crippen molar-refractivity contribution in [3.05, 3.63) is 83.4 Å². The van der Waals surface area contributed by atoms with Crippen LogP contribution in [0, 0.1) is 5.92 Å². The van der Waals surface area contributed by atoms with Crippen molar-refractivity contribution in [2.75, 3.05) is 17.6 Å². The maximum Gasteiger partial charge on any atom is 0.521 e. The van der Waals surface area contributed by atoms with Crippen LogP contribution in [0.5, 0.6) is 5.75 Å². The van der Waals surface area contributed by atoms with Gasteiger partial charge in [0.05, 0.1) is 22.1 Å². The van der Waals surface area contributed by atoms with Gasteiger partial charge in [0.25, 0.3) is 0 Å². The minimum Gasteiger partial charge on any atom is -0.484 e. The monoisotopic (exact) mass is 757 g/mol. The molecule has 5 rings (SSSR count). The van der Waals surface area contributed by atoms with Crippen molar-refractivity contribution < 1.29 is 58.7 Å². The molecular weight excluding hydrogens is 726 g/mol. The molecular formula is C31H32F3N4O9S3+. The number of carboxylic acid groups (broad SMARTS) is 1. The maximum atomic E-state index is 13.8. The second-order valence-electron chi connectivity index (χ2n) is 12.0. The number of amides is 2. The van der Waals surface area contributed by atoms with Crippen molar-refractivity contribution in [1.82, 2.24) is 4.72 Å². The Labute approximate surface area is 289 Å². The van der Waals surface area contributed by atoms with Gasteiger partial charge in [0.15, 0.2) is 6.10 Å². The SMILES string of the molecule is CC(CSC(=O)c1ccccc1)C(=O)[N@+]1(C(=O)O)C[C@@H](Oc2cccc(C3Nc4cc(C(F)(F)F)c(S(N)(=O)=O)cc4S(=O)(=O)N3)c2)CC1C. The number of carbonyl (C=O) groups is 3. The lowest BCUT2D eigenvalue weighted by molar-refractivity contribution is -0.795. The summed E-state index contributed by atoms with van der Waals surface area (Å²) in [7, 11) is -9.52. The number of nitrogens with zero attached hydrogens (tertiary/aromatic N) is 1. The summed E-state index contributed by atoms with van der Waals surface area (Å²) in [4.78, 5) is 36.7. The van der Waals surface area contributed by atoms with E-state index in [1.54, 1.807) is 44.2 Å². The van der Waals surface area contributed by atoms with Crippen molar-refractivity contribution >= 4 is 54.6 Å². The standard InChI is InChI=1S/C31H31F3N4O9S3/c1-17(16-48-29(40)19-7-4-3-5-8-19)28(39)38(30(41)42)15-22(11-18(38)2)47-21-10-6-9-20(12-21)27-36-24-13-23(31(32,33)34)25(49(35,43)44)14-26(24)50(45,46)37-27/h3-10,12-14,17-18,22,27,36-37H,11,15-16H2,1-2H3,(H2-,35,41,42,43,44)/p+1/t17?,18?,22-,27?,38-/m0/s1. The molecule has 268 valence electrons. The molecule has 50 heavy (non-hydrogen) atoms. The minimum atomic E-state index is -5.18. The summed E-state index contributed by atoms with van der Waals surface area (Å²) in [6.45, 7) is 2.93. The van der Waals surface area contributed by atoms with Gasteiger partial charge in [-0.1, -0.05) is 54.2 Å². The van der Waals surface area contributed by atoms with Crippen LogP contribution in [0.25, 0.3) is 0 Å². The van der Waals surface area contributed by atoms with Gasteiger partial charge in [0, 0.05) is 17.7 Å². The van der Waals surface area contributed by atoms with E-state index >= 15 is 0 Å². The maximum absolute atomic E-state index is 13.8. The second kappa shape index (κ2) is 13.6. The van der Waals surface area contributed by atoms with Crippen LogP contribution in [0.4, 0.5) is 23.7 Å². The number of rotatable bonds is 8. The number of sulfonamides is 2. The topological polar surface area (TPSA) is 199 Å². The third-order valence-electron chi connectivity index (χ3n) is 8.53. The number of likely N-dealkylation sites (tertiary alicyclic amines) is 1. The number of nitrogens with one attached hydrogen (secondary N) is 2. The number of hydrogen-bond donors (Lipinski definition) is 4. The number of quaternary nitrogens is 1. The van der Waals surface area contributed by atoms with Crippen LogP contribution in [0.2, 0.25) is 0 Å². The Kier molecular flexibility index (Phi) is 10.1. The number of nitrogens with two attached hydrogens (primary N) is 1. The van der Waals surface area contributed by atoms with Gasteiger partial charge in [-0.05, 0) is 43.7 Å². The van der Waals surface area contributed by atoms with E-state index in [1.165, 1.54) is 24.3 Å². The number of benzene rings is 3. The van der Waals surface area contributed by atoms with E-state index in [9.17, 15) is 49.5 Å². The number of halogens is 3. The van der Waals surface area contributed by atoms with Gasteiger partial charge in [-0.15, -0.1) is 0 Å². The van der Waals surface area contributed by atoms with E-state index in [1.807, 2.05) is 0 Å². The molecule has 2 aliphatic heterocycles. The minimum absolute atomic E-state index is 0.0569. The molecule has 0 radical (unpaired) electrons. The van der Waals surface area contributed by atoms with Crippen LogP contribution >= 0.6 is 11.8 Å². The first kappa shape index (κ1) is 37.3. The number of hydrogen-bond acceptors (Lipinski definition) is 10. The zero-order valence-corrected chi connectivity index (χ0v) is 28.8. The number of fused-ring (bicyclic) bond motifs is 1. The summed E-state index contributed by atoms with van der Waals surface area (Å²) in [6, 6.07) is 14.3. The molecule has 0 aromatic heterocycles. The number of alkyl halides is 3. The van der Waals surface area contributed by atoms with E-state index < -0.39 is 88.0 Å². The van der Waals surface area contributed by atoms with Crippen molar-refractivity contribution in [1.29, 1.82) is 0 Å². The number of carbonyl (C=O) groups excluding carboxylic acids is 2. The van der Waals surface area contributed by atoms with Crippen molar-refractivity contribution in [2.24, 2.45) is 11.1 Å². The molecule has 0 spiro atoms. The highest BCUT2D eigenvalue weighted by Crippen LogP contribution is 2.41. The number of ether oxygens (including phenoxy) is 1. The quantitative estimate of drug-likeness (QED) is 0.236. The lowest BCUT2D eigenvalue weighted by atomic mass is 10.1. The van der Waals surface area contributed by atoms with Gasteiger partial charge in [0.2, 0.25) is 25.2 Å². The molecule has 2 aliphatic rings. The Morgan fingerprint density at radius 3 is 2.40 bits per heavy atom. The Bertz CT molecular complexity index is 2070. The number of primary sulfonamides is 1. The first-order chi connectivity index (χ1) is 23.2. The molecule has 5 atom stereocenters. The highest BCUT2D eigenvalue weighted by Gasteiger charge is 2.58. The van der Waals surface area contributed by atoms with Crippen LogP contribution in [-0.2, 0) is 31.0 Å². The molecule has 1 fully saturated rings. The molecule has 13 nitrogen and oxygen atoms in total. The molecule has 3 unspecified atom stereocenters. The molecule has 3 aromatic carbocycles. The van der Waals surface area contributed by atoms with Gasteiger partial charge in [0.1, 0.15) is 29.4 Å². The van der Waals surface area contributed by atoms with Crippen LogP contribution in [0.15, 0.2) is 76.5 Å². The zero-order valence-electron chi connectivity index (χ0n) is 26.4. The van der Waals surface area contributed by atoms with Crippen molar-refractivity contribution in [3.8, 4) is 5.75 Å². The molecule has 0 bridgehead atoms. The Morgan fingerprint density at radius 2 is 1.78 bits per heavy atom. The normalized spacial score (nSPS) is 23.7. The summed E-state index contributed by atoms with van der Waals surface area (Å²) in [5, 5.41) is 17.6. The number of anilines is 1. The summed E-state index contributed by atoms with van der Waals surface area (Å²) >= 11 is 0.918. The average Bonchev–Trinajstić information content (AvgIpc) is 3.37. The predicted molar refractivity (Wildman–Crippen MR) is 175 cm³/mol. The predicted octanol–water partition coefficient (Wildman–Crippen LogP) is 4.53. The Hall–Kier alpha value is -4.01. The summed E-state index contributed by atoms with van der Waals surface area (Å²) in [6.07, 6.45) is -8.52. The molecule has 2 amide bonds. The molecule has 0 aliphatic carbocycles. The zero-order chi connectivity index (χ0) is 36.8. The van der Waals surface area contributed by atoms with Gasteiger partial charge >= 0.3 is 18.2 Å². The molecule has 3 aromatic rings. The fourth-order valence-electron chi connectivity index (χ4n) is 6.08.